The van der Waals surface area contributed by atoms with Crippen LogP contribution in [0.2, 0.25) is 0 Å². The quantitative estimate of drug-likeness (QED) is 0.793. The maximum Gasteiger partial charge on any atom is 0.310 e. The fourth-order valence-electron chi connectivity index (χ4n) is 2.52. The molecule has 1 fully saturated rings. The van der Waals surface area contributed by atoms with Gasteiger partial charge in [0.2, 0.25) is 5.91 Å². The average Bonchev–Trinajstić information content (AvgIpc) is 2.63. The molecule has 1 saturated carbocycles. The normalized spacial score (nSPS) is 21.6. The molecule has 0 aromatic carbocycles. The van der Waals surface area contributed by atoms with E-state index in [4.69, 9.17) is 0 Å². The lowest BCUT2D eigenvalue weighted by Crippen LogP contribution is -2.47. The molecule has 0 spiro atoms. The molecule has 1 aliphatic carbocycles. The Balaban J connectivity index is 2.65. The number of hydrogen-bond donors (Lipinski definition) is 2. The van der Waals surface area contributed by atoms with Crippen molar-refractivity contribution >= 4 is 11.9 Å². The second kappa shape index (κ2) is 5.29. The van der Waals surface area contributed by atoms with Gasteiger partial charge in [0.05, 0.1) is 5.41 Å². The first-order valence-electron chi connectivity index (χ1n) is 6.74. The summed E-state index contributed by atoms with van der Waals surface area (Å²) in [7, 11) is 0. The van der Waals surface area contributed by atoms with Crippen molar-refractivity contribution in [1.82, 2.24) is 5.32 Å². The topological polar surface area (TPSA) is 66.4 Å². The monoisotopic (exact) mass is 255 g/mol. The van der Waals surface area contributed by atoms with E-state index in [0.29, 0.717) is 0 Å². The first kappa shape index (κ1) is 15.0. The van der Waals surface area contributed by atoms with Gasteiger partial charge in [0.25, 0.3) is 0 Å². The van der Waals surface area contributed by atoms with Crippen LogP contribution in [0, 0.1) is 11.3 Å². The van der Waals surface area contributed by atoms with Crippen LogP contribution in [0.3, 0.4) is 0 Å². The van der Waals surface area contributed by atoms with E-state index in [1.54, 1.807) is 6.92 Å². The molecule has 0 aromatic rings. The third-order valence-corrected chi connectivity index (χ3v) is 4.44. The molecule has 1 amide bonds. The van der Waals surface area contributed by atoms with Crippen molar-refractivity contribution < 1.29 is 14.7 Å². The van der Waals surface area contributed by atoms with E-state index in [1.807, 2.05) is 20.8 Å². The Morgan fingerprint density at radius 1 is 1.33 bits per heavy atom. The molecule has 1 aliphatic rings. The molecule has 104 valence electrons. The molecule has 0 heterocycles. The molecule has 2 N–H and O–H groups in total. The number of carboxylic acid groups (broad SMARTS) is 1. The Bertz CT molecular complexity index is 332. The molecule has 4 heteroatoms. The van der Waals surface area contributed by atoms with Gasteiger partial charge in [0.1, 0.15) is 0 Å². The zero-order chi connectivity index (χ0) is 14.0. The van der Waals surface area contributed by atoms with Crippen LogP contribution in [0.5, 0.6) is 0 Å². The summed E-state index contributed by atoms with van der Waals surface area (Å²) in [5.74, 6) is -1.11. The fraction of sp³-hybridized carbons (Fsp3) is 0.857. The molecule has 18 heavy (non-hydrogen) atoms. The smallest absolute Gasteiger partial charge is 0.310 e. The molecule has 1 unspecified atom stereocenters. The van der Waals surface area contributed by atoms with E-state index in [-0.39, 0.29) is 23.8 Å². The molecule has 4 nitrogen and oxygen atoms in total. The Morgan fingerprint density at radius 2 is 1.83 bits per heavy atom. The summed E-state index contributed by atoms with van der Waals surface area (Å²) in [6, 6.07) is 0. The summed E-state index contributed by atoms with van der Waals surface area (Å²) < 4.78 is 0. The Hall–Kier alpha value is -1.06. The average molecular weight is 255 g/mol. The van der Waals surface area contributed by atoms with Gasteiger partial charge in [-0.25, -0.2) is 0 Å². The number of carboxylic acids is 1. The lowest BCUT2D eigenvalue weighted by atomic mass is 9.76. The Morgan fingerprint density at radius 3 is 2.22 bits per heavy atom. The number of aliphatic carboxylic acids is 1. The van der Waals surface area contributed by atoms with Gasteiger partial charge in [0.15, 0.2) is 0 Å². The minimum atomic E-state index is -0.987. The fourth-order valence-corrected chi connectivity index (χ4v) is 2.52. The maximum absolute atomic E-state index is 12.1. The predicted molar refractivity (Wildman–Crippen MR) is 70.2 cm³/mol. The largest absolute Gasteiger partial charge is 0.481 e. The summed E-state index contributed by atoms with van der Waals surface area (Å²) in [6.45, 7) is 7.39. The third kappa shape index (κ3) is 3.24. The summed E-state index contributed by atoms with van der Waals surface area (Å²) in [5, 5.41) is 12.3. The van der Waals surface area contributed by atoms with E-state index in [2.05, 4.69) is 5.32 Å². The van der Waals surface area contributed by atoms with E-state index in [1.165, 1.54) is 0 Å². The van der Waals surface area contributed by atoms with Crippen LogP contribution in [0.25, 0.3) is 0 Å². The van der Waals surface area contributed by atoms with Crippen LogP contribution in [0.15, 0.2) is 0 Å². The van der Waals surface area contributed by atoms with Crippen LogP contribution < -0.4 is 5.32 Å². The Kier molecular flexibility index (Phi) is 4.41. The van der Waals surface area contributed by atoms with Crippen molar-refractivity contribution in [3.8, 4) is 0 Å². The minimum absolute atomic E-state index is 0.0512. The standard InChI is InChI=1S/C14H25NO3/c1-10(2)14(4,12(17)18)9-11(16)15-13(3)7-5-6-8-13/h10H,5-9H2,1-4H3,(H,15,16)(H,17,18). The van der Waals surface area contributed by atoms with Gasteiger partial charge >= 0.3 is 5.97 Å². The SMILES string of the molecule is CC(C)C(C)(CC(=O)NC1(C)CCCC1)C(=O)O. The van der Waals surface area contributed by atoms with Crippen LogP contribution >= 0.6 is 0 Å². The highest BCUT2D eigenvalue weighted by Gasteiger charge is 2.40. The zero-order valence-corrected chi connectivity index (χ0v) is 11.9. The number of amides is 1. The van der Waals surface area contributed by atoms with Gasteiger partial charge in [-0.3, -0.25) is 9.59 Å². The van der Waals surface area contributed by atoms with Crippen molar-refractivity contribution in [2.75, 3.05) is 0 Å². The molecule has 0 radical (unpaired) electrons. The third-order valence-electron chi connectivity index (χ3n) is 4.44. The van der Waals surface area contributed by atoms with Crippen LogP contribution in [0.4, 0.5) is 0 Å². The van der Waals surface area contributed by atoms with Crippen molar-refractivity contribution in [3.05, 3.63) is 0 Å². The minimum Gasteiger partial charge on any atom is -0.481 e. The van der Waals surface area contributed by atoms with Crippen LogP contribution in [-0.2, 0) is 9.59 Å². The second-order valence-electron chi connectivity index (χ2n) is 6.37. The van der Waals surface area contributed by atoms with E-state index >= 15 is 0 Å². The Labute approximate surface area is 109 Å². The van der Waals surface area contributed by atoms with Crippen molar-refractivity contribution in [2.24, 2.45) is 11.3 Å². The first-order valence-corrected chi connectivity index (χ1v) is 6.74. The first-order chi connectivity index (χ1) is 8.19. The predicted octanol–water partition coefficient (Wildman–Crippen LogP) is 2.57. The van der Waals surface area contributed by atoms with Gasteiger partial charge in [0, 0.05) is 12.0 Å². The summed E-state index contributed by atoms with van der Waals surface area (Å²) >= 11 is 0. The number of rotatable bonds is 5. The molecule has 0 saturated heterocycles. The molecular formula is C14H25NO3. The maximum atomic E-state index is 12.1. The van der Waals surface area contributed by atoms with Crippen LogP contribution in [0.1, 0.15) is 59.8 Å². The number of carbonyl (C=O) groups excluding carboxylic acids is 1. The molecule has 1 rings (SSSR count). The highest BCUT2D eigenvalue weighted by atomic mass is 16.4. The zero-order valence-electron chi connectivity index (χ0n) is 11.9. The highest BCUT2D eigenvalue weighted by molar-refractivity contribution is 5.85. The lowest BCUT2D eigenvalue weighted by Gasteiger charge is -2.31. The highest BCUT2D eigenvalue weighted by Crippen LogP contribution is 2.33. The summed E-state index contributed by atoms with van der Waals surface area (Å²) in [4.78, 5) is 23.4. The van der Waals surface area contributed by atoms with Gasteiger partial charge in [-0.2, -0.15) is 0 Å². The molecular weight excluding hydrogens is 230 g/mol. The molecule has 0 aliphatic heterocycles. The van der Waals surface area contributed by atoms with Gasteiger partial charge < -0.3 is 10.4 Å². The van der Waals surface area contributed by atoms with Crippen molar-refractivity contribution in [2.45, 2.75) is 65.3 Å². The van der Waals surface area contributed by atoms with E-state index in [0.717, 1.165) is 25.7 Å². The van der Waals surface area contributed by atoms with E-state index < -0.39 is 11.4 Å². The number of carbonyl (C=O) groups is 2. The number of nitrogens with one attached hydrogen (secondary N) is 1. The van der Waals surface area contributed by atoms with Gasteiger partial charge in [-0.1, -0.05) is 26.7 Å². The van der Waals surface area contributed by atoms with Crippen molar-refractivity contribution in [1.29, 1.82) is 0 Å². The van der Waals surface area contributed by atoms with Crippen LogP contribution in [-0.4, -0.2) is 22.5 Å². The van der Waals surface area contributed by atoms with Gasteiger partial charge in [-0.05, 0) is 32.6 Å². The molecule has 1 atom stereocenters. The second-order valence-corrected chi connectivity index (χ2v) is 6.37. The summed E-state index contributed by atoms with van der Waals surface area (Å²) in [5.41, 5.74) is -1.12. The van der Waals surface area contributed by atoms with Crippen molar-refractivity contribution in [3.63, 3.8) is 0 Å². The molecule has 0 bridgehead atoms. The lowest BCUT2D eigenvalue weighted by molar-refractivity contribution is -0.153. The number of hydrogen-bond acceptors (Lipinski definition) is 2. The summed E-state index contributed by atoms with van der Waals surface area (Å²) in [6.07, 6.45) is 4.30. The van der Waals surface area contributed by atoms with Gasteiger partial charge in [-0.15, -0.1) is 0 Å². The van der Waals surface area contributed by atoms with E-state index in [9.17, 15) is 14.7 Å². The molecule has 0 aromatic heterocycles.